The Balaban J connectivity index is 1.77. The van der Waals surface area contributed by atoms with E-state index in [9.17, 15) is 18.0 Å². The molecule has 0 N–H and O–H groups in total. The maximum absolute atomic E-state index is 13.2. The lowest BCUT2D eigenvalue weighted by Crippen LogP contribution is -2.58. The van der Waals surface area contributed by atoms with Crippen molar-refractivity contribution in [3.63, 3.8) is 0 Å². The average molecular weight is 424 g/mol. The van der Waals surface area contributed by atoms with Gasteiger partial charge in [-0.05, 0) is 26.3 Å². The molecular weight excluding hydrogens is 394 g/mol. The predicted molar refractivity (Wildman–Crippen MR) is 109 cm³/mol. The van der Waals surface area contributed by atoms with Gasteiger partial charge >= 0.3 is 0 Å². The number of sulfonamides is 1. The lowest BCUT2D eigenvalue weighted by atomic mass is 9.96. The van der Waals surface area contributed by atoms with Gasteiger partial charge in [-0.25, -0.2) is 8.42 Å². The van der Waals surface area contributed by atoms with Gasteiger partial charge in [-0.15, -0.1) is 0 Å². The van der Waals surface area contributed by atoms with Crippen molar-refractivity contribution in [2.24, 2.45) is 0 Å². The molecule has 0 radical (unpaired) electrons. The minimum absolute atomic E-state index is 0.142. The lowest BCUT2D eigenvalue weighted by molar-refractivity contribution is -0.168. The molecule has 9 heteroatoms. The number of benzene rings is 1. The smallest absolute Gasteiger partial charge is 0.254 e. The molecule has 29 heavy (non-hydrogen) atoms. The molecule has 0 saturated carbocycles. The van der Waals surface area contributed by atoms with E-state index in [0.717, 1.165) is 11.1 Å². The topological polar surface area (TPSA) is 87.2 Å². The van der Waals surface area contributed by atoms with Crippen molar-refractivity contribution in [1.29, 1.82) is 0 Å². The van der Waals surface area contributed by atoms with E-state index in [1.165, 1.54) is 4.31 Å². The number of ether oxygens (including phenoxy) is 1. The summed E-state index contributed by atoms with van der Waals surface area (Å²) in [4.78, 5) is 28.7. The Kier molecular flexibility index (Phi) is 6.30. The second-order valence-electron chi connectivity index (χ2n) is 7.91. The highest BCUT2D eigenvalue weighted by Gasteiger charge is 2.43. The van der Waals surface area contributed by atoms with Gasteiger partial charge in [0.2, 0.25) is 15.9 Å². The molecule has 2 amide bonds. The highest BCUT2D eigenvalue weighted by Crippen LogP contribution is 2.30. The number of aryl methyl sites for hydroxylation is 1. The van der Waals surface area contributed by atoms with Crippen molar-refractivity contribution in [1.82, 2.24) is 14.1 Å². The molecule has 8 nitrogen and oxygen atoms in total. The van der Waals surface area contributed by atoms with Gasteiger partial charge in [0.15, 0.2) is 6.10 Å². The van der Waals surface area contributed by atoms with Crippen molar-refractivity contribution in [2.45, 2.75) is 38.2 Å². The molecule has 0 aliphatic carbocycles. The summed E-state index contributed by atoms with van der Waals surface area (Å²) in [6.07, 6.45) is -0.811. The first kappa shape index (κ1) is 21.7. The van der Waals surface area contributed by atoms with Gasteiger partial charge in [0.25, 0.3) is 5.91 Å². The molecule has 1 aromatic carbocycles. The number of hydrogen-bond donors (Lipinski definition) is 0. The van der Waals surface area contributed by atoms with E-state index in [2.05, 4.69) is 0 Å². The first-order valence-electron chi connectivity index (χ1n) is 9.84. The summed E-state index contributed by atoms with van der Waals surface area (Å²) in [5, 5.41) is -0.489. The van der Waals surface area contributed by atoms with Gasteiger partial charge in [-0.2, -0.15) is 4.31 Å². The summed E-state index contributed by atoms with van der Waals surface area (Å²) in [6, 6.07) is 7.19. The lowest BCUT2D eigenvalue weighted by Gasteiger charge is -2.42. The predicted octanol–water partition coefficient (Wildman–Crippen LogP) is 0.776. The van der Waals surface area contributed by atoms with Gasteiger partial charge in [-0.1, -0.05) is 29.8 Å². The van der Waals surface area contributed by atoms with Gasteiger partial charge < -0.3 is 14.5 Å². The van der Waals surface area contributed by atoms with Crippen molar-refractivity contribution >= 4 is 21.8 Å². The fourth-order valence-corrected chi connectivity index (χ4v) is 4.99. The van der Waals surface area contributed by atoms with Crippen LogP contribution in [0.3, 0.4) is 0 Å². The number of likely N-dealkylation sites (N-methyl/N-ethyl adjacent to an activating group) is 1. The molecule has 1 aromatic rings. The highest BCUT2D eigenvalue weighted by molar-refractivity contribution is 7.89. The van der Waals surface area contributed by atoms with E-state index in [-0.39, 0.29) is 31.5 Å². The van der Waals surface area contributed by atoms with Crippen molar-refractivity contribution in [3.05, 3.63) is 35.4 Å². The molecule has 2 aliphatic heterocycles. The highest BCUT2D eigenvalue weighted by atomic mass is 32.2. The molecule has 0 spiro atoms. The summed E-state index contributed by atoms with van der Waals surface area (Å²) < 4.78 is 31.9. The molecule has 0 bridgehead atoms. The van der Waals surface area contributed by atoms with Crippen LogP contribution in [0.25, 0.3) is 0 Å². The van der Waals surface area contributed by atoms with Crippen LogP contribution in [0.15, 0.2) is 24.3 Å². The molecule has 3 rings (SSSR count). The summed E-state index contributed by atoms with van der Waals surface area (Å²) in [5.41, 5.74) is 1.93. The van der Waals surface area contributed by atoms with Crippen LogP contribution in [0.5, 0.6) is 0 Å². The third kappa shape index (κ3) is 4.31. The Morgan fingerprint density at radius 1 is 1.10 bits per heavy atom. The zero-order valence-corrected chi connectivity index (χ0v) is 18.2. The second-order valence-corrected chi connectivity index (χ2v) is 10.4. The first-order chi connectivity index (χ1) is 13.6. The molecule has 2 aliphatic rings. The number of amides is 2. The van der Waals surface area contributed by atoms with Crippen LogP contribution in [0.4, 0.5) is 0 Å². The van der Waals surface area contributed by atoms with Crippen LogP contribution in [-0.4, -0.2) is 85.5 Å². The number of carbonyl (C=O) groups excluding carboxylic acids is 2. The largest absolute Gasteiger partial charge is 0.356 e. The summed E-state index contributed by atoms with van der Waals surface area (Å²) in [6.45, 7) is 6.29. The molecule has 2 saturated heterocycles. The number of carbonyl (C=O) groups is 2. The number of piperazine rings is 1. The Hall–Kier alpha value is -1.97. The normalized spacial score (nSPS) is 24.2. The third-order valence-electron chi connectivity index (χ3n) is 5.65. The maximum Gasteiger partial charge on any atom is 0.254 e. The minimum atomic E-state index is -3.34. The Bertz CT molecular complexity index is 861. The molecule has 0 aromatic heterocycles. The van der Waals surface area contributed by atoms with Gasteiger partial charge in [0, 0.05) is 33.2 Å². The molecular formula is C20H29N3O5S. The second kappa shape index (κ2) is 8.41. The minimum Gasteiger partial charge on any atom is -0.356 e. The van der Waals surface area contributed by atoms with Gasteiger partial charge in [-0.3, -0.25) is 9.59 Å². The van der Waals surface area contributed by atoms with Gasteiger partial charge in [0.05, 0.1) is 11.3 Å². The zero-order chi connectivity index (χ0) is 21.3. The van der Waals surface area contributed by atoms with Crippen molar-refractivity contribution in [2.75, 3.05) is 39.8 Å². The van der Waals surface area contributed by atoms with E-state index in [0.29, 0.717) is 13.1 Å². The number of hydrogen-bond acceptors (Lipinski definition) is 5. The fourth-order valence-electron chi connectivity index (χ4n) is 3.72. The Morgan fingerprint density at radius 2 is 1.69 bits per heavy atom. The van der Waals surface area contributed by atoms with Crippen molar-refractivity contribution < 1.29 is 22.7 Å². The monoisotopic (exact) mass is 423 g/mol. The average Bonchev–Trinajstić information content (AvgIpc) is 2.70. The van der Waals surface area contributed by atoms with E-state index in [4.69, 9.17) is 4.74 Å². The molecule has 2 heterocycles. The van der Waals surface area contributed by atoms with Crippen LogP contribution in [-0.2, 0) is 24.3 Å². The molecule has 2 fully saturated rings. The first-order valence-corrected chi connectivity index (χ1v) is 11.3. The SMILES string of the molecule is Cc1ccc(C2C(C(=O)N3CCN(S(=O)(=O)C(C)C)CC3)OCC(=O)N2C)cc1. The fraction of sp³-hybridized carbons (Fsp3) is 0.600. The Labute approximate surface area is 172 Å². The van der Waals surface area contributed by atoms with Crippen LogP contribution >= 0.6 is 0 Å². The van der Waals surface area contributed by atoms with Crippen LogP contribution < -0.4 is 0 Å². The summed E-state index contributed by atoms with van der Waals surface area (Å²) in [5.74, 6) is -0.385. The number of rotatable bonds is 4. The summed E-state index contributed by atoms with van der Waals surface area (Å²) >= 11 is 0. The molecule has 2 atom stereocenters. The maximum atomic E-state index is 13.2. The molecule has 160 valence electrons. The van der Waals surface area contributed by atoms with Crippen LogP contribution in [0.1, 0.15) is 31.0 Å². The number of nitrogens with zero attached hydrogens (tertiary/aromatic N) is 3. The quantitative estimate of drug-likeness (QED) is 0.714. The van der Waals surface area contributed by atoms with Gasteiger partial charge in [0.1, 0.15) is 6.61 Å². The van der Waals surface area contributed by atoms with Crippen LogP contribution in [0, 0.1) is 6.92 Å². The zero-order valence-electron chi connectivity index (χ0n) is 17.4. The van der Waals surface area contributed by atoms with E-state index in [1.807, 2.05) is 31.2 Å². The Morgan fingerprint density at radius 3 is 2.24 bits per heavy atom. The number of morpholine rings is 1. The summed E-state index contributed by atoms with van der Waals surface area (Å²) in [7, 11) is -1.65. The van der Waals surface area contributed by atoms with Crippen molar-refractivity contribution in [3.8, 4) is 0 Å². The van der Waals surface area contributed by atoms with Crippen LogP contribution in [0.2, 0.25) is 0 Å². The van der Waals surface area contributed by atoms with E-state index >= 15 is 0 Å². The standard InChI is InChI=1S/C20H29N3O5S/c1-14(2)29(26,27)23-11-9-22(10-12-23)20(25)19-18(21(4)17(24)13-28-19)16-7-5-15(3)6-8-16/h5-8,14,18-19H,9-13H2,1-4H3. The third-order valence-corrected chi connectivity index (χ3v) is 7.93. The molecule has 2 unspecified atom stereocenters. The van der Waals surface area contributed by atoms with E-state index in [1.54, 1.807) is 30.7 Å². The van der Waals surface area contributed by atoms with E-state index < -0.39 is 27.4 Å².